The first-order valence-electron chi connectivity index (χ1n) is 10.6. The topological polar surface area (TPSA) is 83.0 Å². The highest BCUT2D eigenvalue weighted by Crippen LogP contribution is 2.29. The molecule has 0 radical (unpaired) electrons. The van der Waals surface area contributed by atoms with Crippen LogP contribution in [0.1, 0.15) is 12.8 Å². The van der Waals surface area contributed by atoms with Crippen molar-refractivity contribution in [2.75, 3.05) is 51.3 Å². The molecule has 166 valence electrons. The monoisotopic (exact) mass is 444 g/mol. The van der Waals surface area contributed by atoms with E-state index in [1.807, 2.05) is 29.2 Å². The van der Waals surface area contributed by atoms with Gasteiger partial charge in [-0.2, -0.15) is 4.31 Å². The number of para-hydroxylation sites is 2. The van der Waals surface area contributed by atoms with Crippen molar-refractivity contribution >= 4 is 21.6 Å². The summed E-state index contributed by atoms with van der Waals surface area (Å²) >= 11 is 0. The van der Waals surface area contributed by atoms with Crippen LogP contribution in [0, 0.1) is 5.92 Å². The second kappa shape index (κ2) is 9.23. The third-order valence-electron chi connectivity index (χ3n) is 6.09. The average Bonchev–Trinajstić information content (AvgIpc) is 2.84. The predicted octanol–water partition coefficient (Wildman–Crippen LogP) is 1.84. The lowest BCUT2D eigenvalue weighted by Gasteiger charge is -2.39. The van der Waals surface area contributed by atoms with E-state index in [0.717, 1.165) is 24.5 Å². The molecule has 3 heterocycles. The molecule has 2 aliphatic rings. The minimum atomic E-state index is -3.55. The van der Waals surface area contributed by atoms with Crippen molar-refractivity contribution in [3.05, 3.63) is 48.8 Å². The molecule has 0 unspecified atom stereocenters. The number of hydrogen-bond donors (Lipinski definition) is 0. The summed E-state index contributed by atoms with van der Waals surface area (Å²) in [6.45, 7) is 3.53. The van der Waals surface area contributed by atoms with E-state index < -0.39 is 10.0 Å². The SMILES string of the molecule is COc1ccccc1N1CCN(C(=O)C2CCN(S(=O)(=O)c3cccnc3)CC2)CC1. The molecule has 8 nitrogen and oxygen atoms in total. The number of methoxy groups -OCH3 is 1. The van der Waals surface area contributed by atoms with E-state index in [0.29, 0.717) is 39.0 Å². The zero-order valence-electron chi connectivity index (χ0n) is 17.7. The van der Waals surface area contributed by atoms with E-state index in [4.69, 9.17) is 4.74 Å². The van der Waals surface area contributed by atoms with Crippen LogP contribution in [0.25, 0.3) is 0 Å². The van der Waals surface area contributed by atoms with Gasteiger partial charge in [0.15, 0.2) is 0 Å². The Hall–Kier alpha value is -2.65. The molecule has 1 amide bonds. The smallest absolute Gasteiger partial charge is 0.244 e. The summed E-state index contributed by atoms with van der Waals surface area (Å²) in [5.74, 6) is 0.848. The molecule has 0 saturated carbocycles. The highest BCUT2D eigenvalue weighted by molar-refractivity contribution is 7.89. The lowest BCUT2D eigenvalue weighted by molar-refractivity contribution is -0.137. The summed E-state index contributed by atoms with van der Waals surface area (Å²) in [6, 6.07) is 11.1. The number of rotatable bonds is 5. The number of nitrogens with zero attached hydrogens (tertiary/aromatic N) is 4. The van der Waals surface area contributed by atoms with Crippen LogP contribution in [0.2, 0.25) is 0 Å². The van der Waals surface area contributed by atoms with Gasteiger partial charge in [-0.15, -0.1) is 0 Å². The van der Waals surface area contributed by atoms with Crippen molar-refractivity contribution in [1.82, 2.24) is 14.2 Å². The molecule has 4 rings (SSSR count). The Morgan fingerprint density at radius 3 is 2.35 bits per heavy atom. The maximum Gasteiger partial charge on any atom is 0.244 e. The van der Waals surface area contributed by atoms with Crippen LogP contribution in [0.3, 0.4) is 0 Å². The van der Waals surface area contributed by atoms with E-state index in [-0.39, 0.29) is 16.7 Å². The highest BCUT2D eigenvalue weighted by atomic mass is 32.2. The van der Waals surface area contributed by atoms with Crippen LogP contribution in [-0.4, -0.2) is 74.9 Å². The molecule has 0 aliphatic carbocycles. The van der Waals surface area contributed by atoms with Crippen LogP contribution < -0.4 is 9.64 Å². The van der Waals surface area contributed by atoms with Gasteiger partial charge in [-0.1, -0.05) is 12.1 Å². The Morgan fingerprint density at radius 2 is 1.71 bits per heavy atom. The minimum absolute atomic E-state index is 0.127. The number of sulfonamides is 1. The molecule has 9 heteroatoms. The van der Waals surface area contributed by atoms with E-state index in [1.165, 1.54) is 10.5 Å². The molecule has 0 atom stereocenters. The van der Waals surface area contributed by atoms with Gasteiger partial charge in [-0.3, -0.25) is 9.78 Å². The lowest BCUT2D eigenvalue weighted by atomic mass is 9.96. The summed E-state index contributed by atoms with van der Waals surface area (Å²) in [5.41, 5.74) is 1.05. The number of carbonyl (C=O) groups excluding carboxylic acids is 1. The summed E-state index contributed by atoms with van der Waals surface area (Å²) in [6.07, 6.45) is 4.02. The van der Waals surface area contributed by atoms with Crippen LogP contribution in [-0.2, 0) is 14.8 Å². The zero-order valence-corrected chi connectivity index (χ0v) is 18.5. The molecule has 2 aliphatic heterocycles. The van der Waals surface area contributed by atoms with E-state index in [2.05, 4.69) is 9.88 Å². The zero-order chi connectivity index (χ0) is 21.8. The fourth-order valence-corrected chi connectivity index (χ4v) is 5.74. The lowest BCUT2D eigenvalue weighted by Crippen LogP contribution is -2.52. The Morgan fingerprint density at radius 1 is 1.00 bits per heavy atom. The van der Waals surface area contributed by atoms with Gasteiger partial charge in [-0.05, 0) is 37.1 Å². The van der Waals surface area contributed by atoms with Gasteiger partial charge in [-0.25, -0.2) is 8.42 Å². The number of benzene rings is 1. The third kappa shape index (κ3) is 4.52. The molecule has 31 heavy (non-hydrogen) atoms. The molecule has 2 fully saturated rings. The van der Waals surface area contributed by atoms with E-state index in [9.17, 15) is 13.2 Å². The van der Waals surface area contributed by atoms with Gasteiger partial charge in [0.2, 0.25) is 15.9 Å². The van der Waals surface area contributed by atoms with Crippen molar-refractivity contribution in [3.63, 3.8) is 0 Å². The van der Waals surface area contributed by atoms with Gasteiger partial charge in [0.1, 0.15) is 10.6 Å². The fraction of sp³-hybridized carbons (Fsp3) is 0.455. The molecular weight excluding hydrogens is 416 g/mol. The molecule has 0 spiro atoms. The Labute approximate surface area is 183 Å². The minimum Gasteiger partial charge on any atom is -0.495 e. The van der Waals surface area contributed by atoms with Crippen molar-refractivity contribution in [2.45, 2.75) is 17.7 Å². The molecule has 0 bridgehead atoms. The molecule has 2 saturated heterocycles. The number of ether oxygens (including phenoxy) is 1. The summed E-state index contributed by atoms with van der Waals surface area (Å²) in [5, 5.41) is 0. The number of hydrogen-bond acceptors (Lipinski definition) is 6. The van der Waals surface area contributed by atoms with Gasteiger partial charge >= 0.3 is 0 Å². The summed E-state index contributed by atoms with van der Waals surface area (Å²) in [4.78, 5) is 21.3. The van der Waals surface area contributed by atoms with Crippen LogP contribution in [0.5, 0.6) is 5.75 Å². The number of anilines is 1. The van der Waals surface area contributed by atoms with E-state index in [1.54, 1.807) is 25.4 Å². The first-order valence-corrected chi connectivity index (χ1v) is 12.0. The quantitative estimate of drug-likeness (QED) is 0.700. The van der Waals surface area contributed by atoms with Crippen LogP contribution >= 0.6 is 0 Å². The Balaban J connectivity index is 1.32. The van der Waals surface area contributed by atoms with Gasteiger partial charge < -0.3 is 14.5 Å². The first kappa shape index (κ1) is 21.6. The van der Waals surface area contributed by atoms with E-state index >= 15 is 0 Å². The summed E-state index contributed by atoms with van der Waals surface area (Å²) in [7, 11) is -1.89. The van der Waals surface area contributed by atoms with Crippen LogP contribution in [0.15, 0.2) is 53.7 Å². The molecule has 2 aromatic rings. The third-order valence-corrected chi connectivity index (χ3v) is 7.97. The maximum atomic E-state index is 13.1. The first-order chi connectivity index (χ1) is 15.0. The van der Waals surface area contributed by atoms with Gasteiger partial charge in [0.25, 0.3) is 0 Å². The van der Waals surface area contributed by atoms with Crippen LogP contribution in [0.4, 0.5) is 5.69 Å². The number of amides is 1. The Kier molecular flexibility index (Phi) is 6.43. The highest BCUT2D eigenvalue weighted by Gasteiger charge is 2.34. The number of piperazine rings is 1. The molecule has 1 aromatic heterocycles. The van der Waals surface area contributed by atoms with Crippen molar-refractivity contribution in [1.29, 1.82) is 0 Å². The molecular formula is C22H28N4O4S. The second-order valence-electron chi connectivity index (χ2n) is 7.85. The number of aromatic nitrogens is 1. The van der Waals surface area contributed by atoms with Gasteiger partial charge in [0, 0.05) is 57.6 Å². The Bertz CT molecular complexity index is 999. The number of pyridine rings is 1. The predicted molar refractivity (Wildman–Crippen MR) is 118 cm³/mol. The standard InChI is InChI=1S/C22H28N4O4S/c1-30-21-7-3-2-6-20(21)24-13-15-25(16-14-24)22(27)18-8-11-26(12-9-18)31(28,29)19-5-4-10-23-17-19/h2-7,10,17-18H,8-9,11-16H2,1H3. The normalized spacial score (nSPS) is 18.7. The van der Waals surface area contributed by atoms with Gasteiger partial charge in [0.05, 0.1) is 12.8 Å². The average molecular weight is 445 g/mol. The largest absolute Gasteiger partial charge is 0.495 e. The fourth-order valence-electron chi connectivity index (χ4n) is 4.31. The van der Waals surface area contributed by atoms with Crippen molar-refractivity contribution < 1.29 is 17.9 Å². The second-order valence-corrected chi connectivity index (χ2v) is 9.79. The summed E-state index contributed by atoms with van der Waals surface area (Å²) < 4.78 is 32.5. The number of piperidine rings is 1. The van der Waals surface area contributed by atoms with Crippen molar-refractivity contribution in [2.24, 2.45) is 5.92 Å². The molecule has 0 N–H and O–H groups in total. The number of carbonyl (C=O) groups is 1. The maximum absolute atomic E-state index is 13.1. The molecule has 1 aromatic carbocycles. The van der Waals surface area contributed by atoms with Crippen molar-refractivity contribution in [3.8, 4) is 5.75 Å².